The van der Waals surface area contributed by atoms with Crippen LogP contribution in [0.5, 0.6) is 0 Å². The van der Waals surface area contributed by atoms with E-state index in [0.29, 0.717) is 0 Å². The first-order valence-electron chi connectivity index (χ1n) is 7.90. The molecule has 2 fully saturated rings. The number of rotatable bonds is 4. The van der Waals surface area contributed by atoms with Crippen molar-refractivity contribution in [1.82, 2.24) is 29.9 Å². The Labute approximate surface area is 125 Å². The second-order valence-corrected chi connectivity index (χ2v) is 5.70. The van der Waals surface area contributed by atoms with Gasteiger partial charge in [0.2, 0.25) is 5.91 Å². The summed E-state index contributed by atoms with van der Waals surface area (Å²) in [5, 5.41) is 7.51. The fourth-order valence-electron chi connectivity index (χ4n) is 3.25. The molecule has 0 aromatic carbocycles. The third-order valence-electron chi connectivity index (χ3n) is 4.42. The van der Waals surface area contributed by atoms with Crippen LogP contribution in [-0.4, -0.2) is 69.2 Å². The first kappa shape index (κ1) is 14.5. The summed E-state index contributed by atoms with van der Waals surface area (Å²) in [6.07, 6.45) is 3.65. The highest BCUT2D eigenvalue weighted by Crippen LogP contribution is 2.21. The van der Waals surface area contributed by atoms with E-state index in [1.807, 2.05) is 9.58 Å². The highest BCUT2D eigenvalue weighted by Gasteiger charge is 2.34. The number of hydrogen-bond donors (Lipinski definition) is 1. The molecule has 0 radical (unpaired) electrons. The Bertz CT molecular complexity index is 482. The minimum atomic E-state index is 0.0186. The smallest absolute Gasteiger partial charge is 0.240 e. The molecule has 21 heavy (non-hydrogen) atoms. The van der Waals surface area contributed by atoms with Crippen molar-refractivity contribution in [3.8, 4) is 0 Å². The lowest BCUT2D eigenvalue weighted by atomic mass is 10.1. The monoisotopic (exact) mass is 292 g/mol. The molecule has 0 spiro atoms. The van der Waals surface area contributed by atoms with Crippen molar-refractivity contribution in [3.63, 3.8) is 0 Å². The number of nitrogens with zero attached hydrogens (tertiary/aromatic N) is 5. The van der Waals surface area contributed by atoms with E-state index in [9.17, 15) is 4.79 Å². The summed E-state index contributed by atoms with van der Waals surface area (Å²) in [6.45, 7) is 8.04. The van der Waals surface area contributed by atoms with Gasteiger partial charge in [0, 0.05) is 32.7 Å². The quantitative estimate of drug-likeness (QED) is 0.825. The first-order chi connectivity index (χ1) is 10.3. The Hall–Kier alpha value is -1.47. The van der Waals surface area contributed by atoms with Gasteiger partial charge in [-0.3, -0.25) is 9.69 Å². The Morgan fingerprint density at radius 3 is 2.95 bits per heavy atom. The second-order valence-electron chi connectivity index (χ2n) is 5.70. The number of carbonyl (C=O) groups is 1. The fraction of sp³-hybridized carbons (Fsp3) is 0.786. The van der Waals surface area contributed by atoms with E-state index in [1.165, 1.54) is 0 Å². The van der Waals surface area contributed by atoms with Crippen LogP contribution in [0.4, 0.5) is 0 Å². The van der Waals surface area contributed by atoms with Crippen LogP contribution in [0.2, 0.25) is 0 Å². The topological polar surface area (TPSA) is 66.3 Å². The van der Waals surface area contributed by atoms with Crippen molar-refractivity contribution in [3.05, 3.63) is 12.2 Å². The van der Waals surface area contributed by atoms with E-state index < -0.39 is 0 Å². The highest BCUT2D eigenvalue weighted by molar-refractivity contribution is 5.82. The minimum Gasteiger partial charge on any atom is -0.339 e. The SMILES string of the molecule is CCn1ncnc1CN1CCCC1C(=O)N1CCNCC1. The third-order valence-corrected chi connectivity index (χ3v) is 4.42. The molecule has 1 atom stereocenters. The summed E-state index contributed by atoms with van der Waals surface area (Å²) in [5.74, 6) is 1.24. The molecule has 7 heteroatoms. The third kappa shape index (κ3) is 3.08. The number of nitrogens with one attached hydrogen (secondary N) is 1. The number of piperazine rings is 1. The molecule has 0 aliphatic carbocycles. The Morgan fingerprint density at radius 1 is 1.38 bits per heavy atom. The van der Waals surface area contributed by atoms with Crippen molar-refractivity contribution < 1.29 is 4.79 Å². The molecule has 2 aliphatic heterocycles. The molecule has 7 nitrogen and oxygen atoms in total. The van der Waals surface area contributed by atoms with Gasteiger partial charge in [0.1, 0.15) is 12.2 Å². The summed E-state index contributed by atoms with van der Waals surface area (Å²) >= 11 is 0. The van der Waals surface area contributed by atoms with Gasteiger partial charge in [-0.1, -0.05) is 0 Å². The summed E-state index contributed by atoms with van der Waals surface area (Å²) < 4.78 is 1.91. The van der Waals surface area contributed by atoms with Gasteiger partial charge in [0.15, 0.2) is 0 Å². The molecule has 2 saturated heterocycles. The lowest BCUT2D eigenvalue weighted by Crippen LogP contribution is -2.52. The Balaban J connectivity index is 1.66. The van der Waals surface area contributed by atoms with E-state index in [0.717, 1.165) is 64.5 Å². The molecule has 2 aliphatic rings. The van der Waals surface area contributed by atoms with Crippen LogP contribution >= 0.6 is 0 Å². The van der Waals surface area contributed by atoms with Crippen molar-refractivity contribution in [1.29, 1.82) is 0 Å². The summed E-state index contributed by atoms with van der Waals surface area (Å²) in [6, 6.07) is 0.0186. The van der Waals surface area contributed by atoms with Gasteiger partial charge in [-0.2, -0.15) is 5.10 Å². The molecule has 116 valence electrons. The van der Waals surface area contributed by atoms with Gasteiger partial charge in [-0.05, 0) is 26.3 Å². The molecule has 3 rings (SSSR count). The number of carbonyl (C=O) groups excluding carboxylic acids is 1. The van der Waals surface area contributed by atoms with Crippen LogP contribution in [0, 0.1) is 0 Å². The maximum atomic E-state index is 12.7. The predicted molar refractivity (Wildman–Crippen MR) is 78.6 cm³/mol. The summed E-state index contributed by atoms with van der Waals surface area (Å²) in [7, 11) is 0. The zero-order chi connectivity index (χ0) is 14.7. The first-order valence-corrected chi connectivity index (χ1v) is 7.90. The molecule has 3 heterocycles. The molecule has 1 aromatic rings. The Kier molecular flexibility index (Phi) is 4.50. The van der Waals surface area contributed by atoms with Crippen molar-refractivity contribution in [2.45, 2.75) is 38.9 Å². The Morgan fingerprint density at radius 2 is 2.19 bits per heavy atom. The van der Waals surface area contributed by atoms with Gasteiger partial charge in [-0.15, -0.1) is 0 Å². The fourth-order valence-corrected chi connectivity index (χ4v) is 3.25. The van der Waals surface area contributed by atoms with Crippen LogP contribution in [-0.2, 0) is 17.9 Å². The number of amides is 1. The molecule has 1 unspecified atom stereocenters. The van der Waals surface area contributed by atoms with E-state index in [1.54, 1.807) is 6.33 Å². The number of aromatic nitrogens is 3. The van der Waals surface area contributed by atoms with Crippen molar-refractivity contribution in [2.75, 3.05) is 32.7 Å². The molecular weight excluding hydrogens is 268 g/mol. The summed E-state index contributed by atoms with van der Waals surface area (Å²) in [4.78, 5) is 21.3. The molecule has 1 amide bonds. The van der Waals surface area contributed by atoms with E-state index in [2.05, 4.69) is 27.2 Å². The van der Waals surface area contributed by atoms with Crippen molar-refractivity contribution >= 4 is 5.91 Å². The normalized spacial score (nSPS) is 23.7. The van der Waals surface area contributed by atoms with Crippen LogP contribution in [0.15, 0.2) is 6.33 Å². The average Bonchev–Trinajstić information content (AvgIpc) is 3.17. The predicted octanol–water partition coefficient (Wildman–Crippen LogP) is -0.306. The lowest BCUT2D eigenvalue weighted by Gasteiger charge is -2.32. The molecule has 1 N–H and O–H groups in total. The van der Waals surface area contributed by atoms with Gasteiger partial charge < -0.3 is 10.2 Å². The average molecular weight is 292 g/mol. The standard InChI is InChI=1S/C14H24N6O/c1-2-20-13(16-11-17-20)10-19-7-3-4-12(19)14(21)18-8-5-15-6-9-18/h11-12,15H,2-10H2,1H3. The minimum absolute atomic E-state index is 0.0186. The zero-order valence-electron chi connectivity index (χ0n) is 12.7. The van der Waals surface area contributed by atoms with Gasteiger partial charge in [0.05, 0.1) is 12.6 Å². The second kappa shape index (κ2) is 6.53. The van der Waals surface area contributed by atoms with Gasteiger partial charge in [0.25, 0.3) is 0 Å². The molecule has 0 bridgehead atoms. The summed E-state index contributed by atoms with van der Waals surface area (Å²) in [5.41, 5.74) is 0. The number of likely N-dealkylation sites (tertiary alicyclic amines) is 1. The number of aryl methyl sites for hydroxylation is 1. The molecule has 1 aromatic heterocycles. The van der Waals surface area contributed by atoms with Crippen LogP contribution in [0.25, 0.3) is 0 Å². The highest BCUT2D eigenvalue weighted by atomic mass is 16.2. The van der Waals surface area contributed by atoms with Crippen LogP contribution < -0.4 is 5.32 Å². The van der Waals surface area contributed by atoms with Crippen LogP contribution in [0.3, 0.4) is 0 Å². The number of hydrogen-bond acceptors (Lipinski definition) is 5. The largest absolute Gasteiger partial charge is 0.339 e. The van der Waals surface area contributed by atoms with Gasteiger partial charge >= 0.3 is 0 Å². The van der Waals surface area contributed by atoms with Crippen LogP contribution in [0.1, 0.15) is 25.6 Å². The van der Waals surface area contributed by atoms with Crippen molar-refractivity contribution in [2.24, 2.45) is 0 Å². The lowest BCUT2D eigenvalue weighted by molar-refractivity contribution is -0.136. The molecular formula is C14H24N6O. The zero-order valence-corrected chi connectivity index (χ0v) is 12.7. The maximum absolute atomic E-state index is 12.7. The van der Waals surface area contributed by atoms with E-state index >= 15 is 0 Å². The van der Waals surface area contributed by atoms with E-state index in [4.69, 9.17) is 0 Å². The maximum Gasteiger partial charge on any atom is 0.240 e. The van der Waals surface area contributed by atoms with Gasteiger partial charge in [-0.25, -0.2) is 9.67 Å². The van der Waals surface area contributed by atoms with E-state index in [-0.39, 0.29) is 11.9 Å². The molecule has 0 saturated carbocycles.